The minimum absolute atomic E-state index is 0.0423. The van der Waals surface area contributed by atoms with Crippen molar-refractivity contribution in [1.82, 2.24) is 21.3 Å². The van der Waals surface area contributed by atoms with Gasteiger partial charge in [-0.25, -0.2) is 9.59 Å². The lowest BCUT2D eigenvalue weighted by atomic mass is 10.1. The van der Waals surface area contributed by atoms with Crippen molar-refractivity contribution >= 4 is 23.8 Å². The second kappa shape index (κ2) is 10.7. The number of likely N-dealkylation sites (N-methyl/N-ethyl adjacent to an activating group) is 1. The molecule has 142 valence electrons. The molecule has 0 fully saturated rings. The number of carbonyl (C=O) groups is 4. The van der Waals surface area contributed by atoms with Gasteiger partial charge in [0.25, 0.3) is 5.91 Å². The van der Waals surface area contributed by atoms with Gasteiger partial charge >= 0.3 is 12.0 Å². The van der Waals surface area contributed by atoms with Gasteiger partial charge in [0, 0.05) is 19.6 Å². The predicted molar refractivity (Wildman–Crippen MR) is 94.3 cm³/mol. The summed E-state index contributed by atoms with van der Waals surface area (Å²) in [7, 11) is 1.45. The van der Waals surface area contributed by atoms with Crippen LogP contribution in [0.15, 0.2) is 24.3 Å². The highest BCUT2D eigenvalue weighted by Crippen LogP contribution is 2.06. The molecule has 0 atom stereocenters. The molecule has 0 aliphatic heterocycles. The molecular formula is C17H24N4O5. The van der Waals surface area contributed by atoms with Crippen LogP contribution >= 0.6 is 0 Å². The summed E-state index contributed by atoms with van der Waals surface area (Å²) in [4.78, 5) is 45.8. The van der Waals surface area contributed by atoms with Gasteiger partial charge in [-0.3, -0.25) is 9.59 Å². The van der Waals surface area contributed by atoms with E-state index in [2.05, 4.69) is 21.3 Å². The average Bonchev–Trinajstić information content (AvgIpc) is 2.62. The first-order valence-electron chi connectivity index (χ1n) is 8.09. The summed E-state index contributed by atoms with van der Waals surface area (Å²) in [5.41, 5.74) is 1.09. The molecule has 0 radical (unpaired) electrons. The van der Waals surface area contributed by atoms with E-state index in [-0.39, 0.29) is 30.1 Å². The van der Waals surface area contributed by atoms with E-state index in [1.165, 1.54) is 7.05 Å². The first-order chi connectivity index (χ1) is 12.3. The third-order valence-corrected chi connectivity index (χ3v) is 3.12. The molecule has 0 aliphatic carbocycles. The molecule has 1 aromatic carbocycles. The number of esters is 1. The molecule has 1 rings (SSSR count). The smallest absolute Gasteiger partial charge is 0.338 e. The summed E-state index contributed by atoms with van der Waals surface area (Å²) in [5.74, 6) is -1.58. The van der Waals surface area contributed by atoms with E-state index in [1.807, 2.05) is 13.8 Å². The zero-order valence-corrected chi connectivity index (χ0v) is 15.0. The highest BCUT2D eigenvalue weighted by atomic mass is 16.5. The van der Waals surface area contributed by atoms with Gasteiger partial charge in [-0.15, -0.1) is 0 Å². The number of rotatable bonds is 8. The lowest BCUT2D eigenvalue weighted by molar-refractivity contribution is -0.127. The fourth-order valence-electron chi connectivity index (χ4n) is 1.79. The van der Waals surface area contributed by atoms with E-state index in [9.17, 15) is 19.2 Å². The van der Waals surface area contributed by atoms with Crippen LogP contribution in [0.5, 0.6) is 0 Å². The van der Waals surface area contributed by atoms with E-state index < -0.39 is 18.5 Å². The van der Waals surface area contributed by atoms with Crippen LogP contribution in [-0.4, -0.2) is 50.1 Å². The molecule has 9 heteroatoms. The number of amides is 4. The molecule has 0 saturated heterocycles. The van der Waals surface area contributed by atoms with E-state index in [0.29, 0.717) is 6.54 Å². The van der Waals surface area contributed by atoms with Crippen molar-refractivity contribution in [3.8, 4) is 0 Å². The monoisotopic (exact) mass is 364 g/mol. The maximum atomic E-state index is 11.9. The molecule has 0 saturated carbocycles. The molecule has 9 nitrogen and oxygen atoms in total. The van der Waals surface area contributed by atoms with Crippen molar-refractivity contribution in [2.45, 2.75) is 26.4 Å². The van der Waals surface area contributed by atoms with E-state index >= 15 is 0 Å². The first-order valence-corrected chi connectivity index (χ1v) is 8.09. The second-order valence-corrected chi connectivity index (χ2v) is 5.70. The zero-order chi connectivity index (χ0) is 19.5. The third kappa shape index (κ3) is 8.13. The van der Waals surface area contributed by atoms with Crippen molar-refractivity contribution < 1.29 is 23.9 Å². The van der Waals surface area contributed by atoms with Gasteiger partial charge in [0.05, 0.1) is 12.1 Å². The van der Waals surface area contributed by atoms with Gasteiger partial charge in [-0.1, -0.05) is 12.1 Å². The van der Waals surface area contributed by atoms with E-state index in [1.54, 1.807) is 24.3 Å². The number of nitrogens with one attached hydrogen (secondary N) is 4. The van der Waals surface area contributed by atoms with Crippen LogP contribution in [0.4, 0.5) is 4.79 Å². The van der Waals surface area contributed by atoms with Gasteiger partial charge in [0.1, 0.15) is 0 Å². The summed E-state index contributed by atoms with van der Waals surface area (Å²) in [5, 5.41) is 10.1. The number of urea groups is 1. The van der Waals surface area contributed by atoms with Crippen molar-refractivity contribution in [3.63, 3.8) is 0 Å². The maximum Gasteiger partial charge on any atom is 0.338 e. The van der Waals surface area contributed by atoms with Crippen molar-refractivity contribution in [2.24, 2.45) is 0 Å². The Morgan fingerprint density at radius 3 is 2.23 bits per heavy atom. The summed E-state index contributed by atoms with van der Waals surface area (Å²) < 4.78 is 4.88. The topological polar surface area (TPSA) is 126 Å². The molecule has 4 N–H and O–H groups in total. The van der Waals surface area contributed by atoms with E-state index in [4.69, 9.17) is 4.74 Å². The molecule has 0 unspecified atom stereocenters. The van der Waals surface area contributed by atoms with Crippen LogP contribution in [0.1, 0.15) is 29.8 Å². The number of benzene rings is 1. The Balaban J connectivity index is 2.40. The van der Waals surface area contributed by atoms with Gasteiger partial charge < -0.3 is 26.0 Å². The SMILES string of the molecule is CNC(=O)CNC(=O)COC(=O)c1ccc(CNC(=O)NC(C)C)cc1. The van der Waals surface area contributed by atoms with Gasteiger partial charge in [-0.05, 0) is 31.5 Å². The summed E-state index contributed by atoms with van der Waals surface area (Å²) in [6.45, 7) is 3.38. The number of hydrogen-bond donors (Lipinski definition) is 4. The summed E-state index contributed by atoms with van der Waals surface area (Å²) in [6, 6.07) is 6.21. The third-order valence-electron chi connectivity index (χ3n) is 3.12. The molecule has 0 spiro atoms. The lowest BCUT2D eigenvalue weighted by Gasteiger charge is -2.10. The van der Waals surface area contributed by atoms with Crippen molar-refractivity contribution in [3.05, 3.63) is 35.4 Å². The molecule has 26 heavy (non-hydrogen) atoms. The van der Waals surface area contributed by atoms with Gasteiger partial charge in [-0.2, -0.15) is 0 Å². The van der Waals surface area contributed by atoms with Crippen LogP contribution in [0.25, 0.3) is 0 Å². The fourth-order valence-corrected chi connectivity index (χ4v) is 1.79. The quantitative estimate of drug-likeness (QED) is 0.480. The lowest BCUT2D eigenvalue weighted by Crippen LogP contribution is -2.39. The minimum Gasteiger partial charge on any atom is -0.452 e. The van der Waals surface area contributed by atoms with Crippen LogP contribution < -0.4 is 21.3 Å². The molecule has 0 bridgehead atoms. The standard InChI is InChI=1S/C17H24N4O5/c1-11(2)21-17(25)20-8-12-4-6-13(7-5-12)16(24)26-10-15(23)19-9-14(22)18-3/h4-7,11H,8-10H2,1-3H3,(H,18,22)(H,19,23)(H2,20,21,25). The number of ether oxygens (including phenoxy) is 1. The van der Waals surface area contributed by atoms with Crippen LogP contribution in [0.2, 0.25) is 0 Å². The average molecular weight is 364 g/mol. The normalized spacial score (nSPS) is 10.0. The number of carbonyl (C=O) groups excluding carboxylic acids is 4. The zero-order valence-electron chi connectivity index (χ0n) is 15.0. The Morgan fingerprint density at radius 2 is 1.65 bits per heavy atom. The Morgan fingerprint density at radius 1 is 1.00 bits per heavy atom. The highest BCUT2D eigenvalue weighted by molar-refractivity contribution is 5.92. The van der Waals surface area contributed by atoms with Crippen molar-refractivity contribution in [1.29, 1.82) is 0 Å². The summed E-state index contributed by atoms with van der Waals surface area (Å²) in [6.07, 6.45) is 0. The van der Waals surface area contributed by atoms with Crippen LogP contribution in [-0.2, 0) is 20.9 Å². The molecule has 1 aromatic rings. The Bertz CT molecular complexity index is 643. The Hall–Kier alpha value is -3.10. The second-order valence-electron chi connectivity index (χ2n) is 5.70. The Labute approximate surface area is 151 Å². The summed E-state index contributed by atoms with van der Waals surface area (Å²) >= 11 is 0. The van der Waals surface area contributed by atoms with Gasteiger partial charge in [0.15, 0.2) is 6.61 Å². The Kier molecular flexibility index (Phi) is 8.62. The molecular weight excluding hydrogens is 340 g/mol. The highest BCUT2D eigenvalue weighted by Gasteiger charge is 2.11. The molecule has 0 aliphatic rings. The van der Waals surface area contributed by atoms with Crippen LogP contribution in [0, 0.1) is 0 Å². The maximum absolute atomic E-state index is 11.9. The first kappa shape index (κ1) is 20.9. The number of hydrogen-bond acceptors (Lipinski definition) is 5. The minimum atomic E-state index is -0.655. The largest absolute Gasteiger partial charge is 0.452 e. The molecule has 4 amide bonds. The van der Waals surface area contributed by atoms with E-state index in [0.717, 1.165) is 5.56 Å². The van der Waals surface area contributed by atoms with Crippen LogP contribution in [0.3, 0.4) is 0 Å². The molecule has 0 aromatic heterocycles. The van der Waals surface area contributed by atoms with Crippen molar-refractivity contribution in [2.75, 3.05) is 20.2 Å². The predicted octanol–water partition coefficient (Wildman–Crippen LogP) is -0.0868. The fraction of sp³-hybridized carbons (Fsp3) is 0.412. The molecule has 0 heterocycles. The van der Waals surface area contributed by atoms with Gasteiger partial charge in [0.2, 0.25) is 5.91 Å².